The summed E-state index contributed by atoms with van der Waals surface area (Å²) in [5.41, 5.74) is 0. The van der Waals surface area contributed by atoms with Crippen molar-refractivity contribution in [3.05, 3.63) is 24.3 Å². The van der Waals surface area contributed by atoms with Crippen LogP contribution in [0.4, 0.5) is 0 Å². The van der Waals surface area contributed by atoms with Crippen molar-refractivity contribution in [1.29, 1.82) is 0 Å². The average Bonchev–Trinajstić information content (AvgIpc) is 2.67. The van der Waals surface area contributed by atoms with Crippen LogP contribution in [0.2, 0.25) is 0 Å². The van der Waals surface area contributed by atoms with E-state index in [-0.39, 0.29) is 23.8 Å². The van der Waals surface area contributed by atoms with Crippen LogP contribution in [0.25, 0.3) is 0 Å². The van der Waals surface area contributed by atoms with Crippen LogP contribution < -0.4 is 0 Å². The van der Waals surface area contributed by atoms with Gasteiger partial charge in [-0.1, -0.05) is 76.7 Å². The van der Waals surface area contributed by atoms with Gasteiger partial charge in [-0.25, -0.2) is 0 Å². The van der Waals surface area contributed by atoms with Crippen LogP contribution in [0.15, 0.2) is 24.3 Å². The molecule has 0 aliphatic heterocycles. The van der Waals surface area contributed by atoms with Crippen molar-refractivity contribution in [2.24, 2.45) is 11.8 Å². The average molecular weight is 365 g/mol. The minimum atomic E-state index is -0.357. The fraction of sp³-hybridized carbons (Fsp3) is 0.727. The second-order valence-electron chi connectivity index (χ2n) is 6.98. The van der Waals surface area contributed by atoms with Crippen LogP contribution in [-0.4, -0.2) is 25.2 Å². The second-order valence-corrected chi connectivity index (χ2v) is 6.98. The van der Waals surface area contributed by atoms with Gasteiger partial charge in [0.05, 0.1) is 11.8 Å². The summed E-state index contributed by atoms with van der Waals surface area (Å²) in [4.78, 5) is 24.7. The molecule has 1 aliphatic carbocycles. The molecule has 4 nitrogen and oxygen atoms in total. The van der Waals surface area contributed by atoms with E-state index in [1.807, 2.05) is 24.3 Å². The highest BCUT2D eigenvalue weighted by molar-refractivity contribution is 5.82. The largest absolute Gasteiger partial charge is 0.461 e. The Labute approximate surface area is 159 Å². The van der Waals surface area contributed by atoms with Gasteiger partial charge in [0.1, 0.15) is 13.2 Å². The van der Waals surface area contributed by atoms with Crippen LogP contribution in [0.5, 0.6) is 0 Å². The summed E-state index contributed by atoms with van der Waals surface area (Å²) in [5, 5.41) is 0. The minimum absolute atomic E-state index is 0.259. The van der Waals surface area contributed by atoms with Crippen LogP contribution in [-0.2, 0) is 19.1 Å². The highest BCUT2D eigenvalue weighted by Gasteiger charge is 2.37. The third-order valence-corrected chi connectivity index (χ3v) is 4.80. The van der Waals surface area contributed by atoms with Crippen molar-refractivity contribution in [1.82, 2.24) is 0 Å². The molecule has 0 amide bonds. The Morgan fingerprint density at radius 3 is 1.58 bits per heavy atom. The van der Waals surface area contributed by atoms with E-state index < -0.39 is 0 Å². The van der Waals surface area contributed by atoms with Gasteiger partial charge < -0.3 is 9.47 Å². The highest BCUT2D eigenvalue weighted by atomic mass is 16.5. The molecule has 2 atom stereocenters. The zero-order valence-corrected chi connectivity index (χ0v) is 16.6. The Kier molecular flexibility index (Phi) is 12.6. The summed E-state index contributed by atoms with van der Waals surface area (Å²) >= 11 is 0. The topological polar surface area (TPSA) is 52.6 Å². The molecule has 1 saturated carbocycles. The van der Waals surface area contributed by atoms with Gasteiger partial charge in [0.15, 0.2) is 0 Å². The Balaban J connectivity index is 2.39. The van der Waals surface area contributed by atoms with Crippen molar-refractivity contribution >= 4 is 11.9 Å². The van der Waals surface area contributed by atoms with E-state index in [9.17, 15) is 9.59 Å². The second kappa shape index (κ2) is 14.6. The molecule has 26 heavy (non-hydrogen) atoms. The fourth-order valence-electron chi connectivity index (χ4n) is 3.19. The normalized spacial score (nSPS) is 20.5. The molecule has 0 aromatic heterocycles. The lowest BCUT2D eigenvalue weighted by atomic mass is 9.79. The predicted octanol–water partition coefficient (Wildman–Crippen LogP) is 5.37. The predicted molar refractivity (Wildman–Crippen MR) is 105 cm³/mol. The van der Waals surface area contributed by atoms with Crippen molar-refractivity contribution < 1.29 is 19.1 Å². The van der Waals surface area contributed by atoms with E-state index in [1.54, 1.807) is 0 Å². The Bertz CT molecular complexity index is 411. The molecule has 0 heterocycles. The first-order valence-electron chi connectivity index (χ1n) is 10.3. The minimum Gasteiger partial charge on any atom is -0.461 e. The van der Waals surface area contributed by atoms with Gasteiger partial charge in [-0.05, 0) is 25.7 Å². The zero-order valence-electron chi connectivity index (χ0n) is 16.6. The SMILES string of the molecule is CCCCC=CCOC(=O)C1CCCCC1C(=O)OCC=CCCCC. The lowest BCUT2D eigenvalue weighted by Gasteiger charge is -2.28. The number of rotatable bonds is 12. The molecule has 2 unspecified atom stereocenters. The first-order chi connectivity index (χ1) is 12.7. The smallest absolute Gasteiger partial charge is 0.310 e. The molecule has 0 aromatic carbocycles. The van der Waals surface area contributed by atoms with Crippen LogP contribution in [0.1, 0.15) is 78.1 Å². The van der Waals surface area contributed by atoms with Crippen LogP contribution >= 0.6 is 0 Å². The zero-order chi connectivity index (χ0) is 19.0. The van der Waals surface area contributed by atoms with Gasteiger partial charge in [-0.15, -0.1) is 0 Å². The maximum absolute atomic E-state index is 12.4. The van der Waals surface area contributed by atoms with Crippen molar-refractivity contribution in [2.75, 3.05) is 13.2 Å². The van der Waals surface area contributed by atoms with Crippen LogP contribution in [0.3, 0.4) is 0 Å². The summed E-state index contributed by atoms with van der Waals surface area (Å²) < 4.78 is 10.7. The van der Waals surface area contributed by atoms with Gasteiger partial charge in [-0.3, -0.25) is 9.59 Å². The van der Waals surface area contributed by atoms with E-state index in [4.69, 9.17) is 9.47 Å². The van der Waals surface area contributed by atoms with E-state index >= 15 is 0 Å². The highest BCUT2D eigenvalue weighted by Crippen LogP contribution is 2.32. The van der Waals surface area contributed by atoms with E-state index in [1.165, 1.54) is 0 Å². The Morgan fingerprint density at radius 1 is 0.769 bits per heavy atom. The molecular formula is C22H36O4. The Morgan fingerprint density at radius 2 is 1.19 bits per heavy atom. The van der Waals surface area contributed by atoms with E-state index in [0.29, 0.717) is 26.1 Å². The summed E-state index contributed by atoms with van der Waals surface area (Å²) in [5.74, 6) is -1.23. The monoisotopic (exact) mass is 364 g/mol. The molecule has 148 valence electrons. The van der Waals surface area contributed by atoms with E-state index in [0.717, 1.165) is 51.4 Å². The molecule has 1 aliphatic rings. The molecule has 0 saturated heterocycles. The number of allylic oxidation sites excluding steroid dienone is 2. The van der Waals surface area contributed by atoms with Crippen molar-refractivity contribution in [2.45, 2.75) is 78.1 Å². The summed E-state index contributed by atoms with van der Waals surface area (Å²) in [6.07, 6.45) is 17.9. The number of carbonyl (C=O) groups is 2. The number of hydrogen-bond acceptors (Lipinski definition) is 4. The lowest BCUT2D eigenvalue weighted by Crippen LogP contribution is -2.35. The first-order valence-corrected chi connectivity index (χ1v) is 10.3. The number of ether oxygens (including phenoxy) is 2. The molecule has 0 spiro atoms. The molecule has 0 bridgehead atoms. The third kappa shape index (κ3) is 9.21. The van der Waals surface area contributed by atoms with Gasteiger partial charge in [0.25, 0.3) is 0 Å². The number of unbranched alkanes of at least 4 members (excludes halogenated alkanes) is 4. The maximum Gasteiger partial charge on any atom is 0.310 e. The Hall–Kier alpha value is -1.58. The summed E-state index contributed by atoms with van der Waals surface area (Å²) in [6, 6.07) is 0. The fourth-order valence-corrected chi connectivity index (χ4v) is 3.19. The van der Waals surface area contributed by atoms with Gasteiger partial charge in [0.2, 0.25) is 0 Å². The summed E-state index contributed by atoms with van der Waals surface area (Å²) in [7, 11) is 0. The van der Waals surface area contributed by atoms with Crippen molar-refractivity contribution in [3.63, 3.8) is 0 Å². The quantitative estimate of drug-likeness (QED) is 0.265. The molecule has 0 N–H and O–H groups in total. The number of hydrogen-bond donors (Lipinski definition) is 0. The molecule has 0 radical (unpaired) electrons. The first kappa shape index (κ1) is 22.5. The number of esters is 2. The molecule has 1 fully saturated rings. The van der Waals surface area contributed by atoms with Gasteiger partial charge >= 0.3 is 11.9 Å². The molecule has 0 aromatic rings. The molecular weight excluding hydrogens is 328 g/mol. The van der Waals surface area contributed by atoms with E-state index in [2.05, 4.69) is 13.8 Å². The molecule has 4 heteroatoms. The number of carbonyl (C=O) groups excluding carboxylic acids is 2. The summed E-state index contributed by atoms with van der Waals surface area (Å²) in [6.45, 7) is 4.89. The lowest BCUT2D eigenvalue weighted by molar-refractivity contribution is -0.161. The maximum atomic E-state index is 12.4. The van der Waals surface area contributed by atoms with Crippen molar-refractivity contribution in [3.8, 4) is 0 Å². The third-order valence-electron chi connectivity index (χ3n) is 4.80. The van der Waals surface area contributed by atoms with Gasteiger partial charge in [0, 0.05) is 0 Å². The molecule has 1 rings (SSSR count). The van der Waals surface area contributed by atoms with Gasteiger partial charge in [-0.2, -0.15) is 0 Å². The van der Waals surface area contributed by atoms with Crippen LogP contribution in [0, 0.1) is 11.8 Å². The standard InChI is InChI=1S/C22H36O4/c1-3-5-7-9-13-17-25-21(23)19-15-11-12-16-20(19)22(24)26-18-14-10-8-6-4-2/h9-10,13-14,19-20H,3-8,11-12,15-18H2,1-2H3.